The van der Waals surface area contributed by atoms with Crippen LogP contribution in [0.4, 0.5) is 5.69 Å². The van der Waals surface area contributed by atoms with E-state index in [1.54, 1.807) is 17.4 Å². The highest BCUT2D eigenvalue weighted by Gasteiger charge is 2.07. The summed E-state index contributed by atoms with van der Waals surface area (Å²) in [6.45, 7) is 3.72. The van der Waals surface area contributed by atoms with E-state index >= 15 is 0 Å². The molecule has 2 rings (SSSR count). The molecule has 0 aromatic carbocycles. The summed E-state index contributed by atoms with van der Waals surface area (Å²) in [4.78, 5) is 12.8. The van der Waals surface area contributed by atoms with Crippen LogP contribution in [-0.4, -0.2) is 16.1 Å². The average molecular weight is 326 g/mol. The van der Waals surface area contributed by atoms with Crippen molar-refractivity contribution in [2.75, 3.05) is 5.32 Å². The van der Waals surface area contributed by atoms with E-state index in [9.17, 15) is 4.79 Å². The molecule has 0 aliphatic rings. The summed E-state index contributed by atoms with van der Waals surface area (Å²) in [7, 11) is 0. The first-order valence-electron chi connectivity index (χ1n) is 5.32. The Morgan fingerprint density at radius 2 is 2.28 bits per heavy atom. The highest BCUT2D eigenvalue weighted by atomic mass is 79.9. The number of hydrogen-bond acceptors (Lipinski definition) is 3. The Morgan fingerprint density at radius 3 is 2.83 bits per heavy atom. The lowest BCUT2D eigenvalue weighted by Crippen LogP contribution is -2.08. The molecule has 0 aliphatic heterocycles. The number of carbonyl (C=O) groups excluding carboxylic acids is 1. The van der Waals surface area contributed by atoms with Crippen LogP contribution in [-0.2, 0) is 4.79 Å². The molecular weight excluding hydrogens is 314 g/mol. The molecule has 0 bridgehead atoms. The summed E-state index contributed by atoms with van der Waals surface area (Å²) in [5, 5.41) is 9.66. The van der Waals surface area contributed by atoms with E-state index in [0.717, 1.165) is 25.7 Å². The molecular formula is C12H12BrN3OS. The molecule has 2 heterocycles. The number of anilines is 1. The quantitative estimate of drug-likeness (QED) is 0.848. The van der Waals surface area contributed by atoms with E-state index in [1.165, 1.54) is 6.08 Å². The van der Waals surface area contributed by atoms with Crippen molar-refractivity contribution in [2.24, 2.45) is 0 Å². The number of nitrogens with one attached hydrogen (secondary N) is 2. The first-order chi connectivity index (χ1) is 8.56. The number of hydrogen-bond donors (Lipinski definition) is 2. The van der Waals surface area contributed by atoms with Crippen LogP contribution in [0.15, 0.2) is 22.0 Å². The lowest BCUT2D eigenvalue weighted by atomic mass is 10.3. The molecule has 0 spiro atoms. The molecule has 0 aliphatic carbocycles. The molecule has 0 fully saturated rings. The second-order valence-electron chi connectivity index (χ2n) is 3.77. The number of thiophene rings is 1. The summed E-state index contributed by atoms with van der Waals surface area (Å²) in [6.07, 6.45) is 3.31. The zero-order valence-corrected chi connectivity index (χ0v) is 12.4. The Hall–Kier alpha value is -1.40. The third-order valence-corrected chi connectivity index (χ3v) is 3.96. The van der Waals surface area contributed by atoms with Gasteiger partial charge in [-0.2, -0.15) is 5.10 Å². The standard InChI is InChI=1S/C12H12BrN3OS/c1-7-12(8(2)16-15-7)14-11(17)6-4-9-3-5-10(13)18-9/h3-6H,1-2H3,(H,14,17)(H,15,16)/b6-4+. The fourth-order valence-electron chi connectivity index (χ4n) is 1.48. The second-order valence-corrected chi connectivity index (χ2v) is 6.27. The van der Waals surface area contributed by atoms with Crippen LogP contribution in [0, 0.1) is 13.8 Å². The van der Waals surface area contributed by atoms with Crippen LogP contribution >= 0.6 is 27.3 Å². The molecule has 94 valence electrons. The molecule has 2 aromatic rings. The van der Waals surface area contributed by atoms with Gasteiger partial charge in [0, 0.05) is 11.0 Å². The number of carbonyl (C=O) groups is 1. The Kier molecular flexibility index (Phi) is 3.98. The van der Waals surface area contributed by atoms with Gasteiger partial charge in [0.2, 0.25) is 5.91 Å². The van der Waals surface area contributed by atoms with E-state index < -0.39 is 0 Å². The third kappa shape index (κ3) is 3.08. The smallest absolute Gasteiger partial charge is 0.248 e. The van der Waals surface area contributed by atoms with Gasteiger partial charge in [-0.1, -0.05) is 0 Å². The summed E-state index contributed by atoms with van der Waals surface area (Å²) < 4.78 is 1.05. The molecule has 0 unspecified atom stereocenters. The summed E-state index contributed by atoms with van der Waals surface area (Å²) in [5.74, 6) is -0.160. The van der Waals surface area contributed by atoms with E-state index in [2.05, 4.69) is 31.4 Å². The Balaban J connectivity index is 2.03. The summed E-state index contributed by atoms with van der Waals surface area (Å²) >= 11 is 4.95. The van der Waals surface area contributed by atoms with Gasteiger partial charge in [-0.05, 0) is 48.0 Å². The number of nitrogens with zero attached hydrogens (tertiary/aromatic N) is 1. The van der Waals surface area contributed by atoms with E-state index in [1.807, 2.05) is 26.0 Å². The Morgan fingerprint density at radius 1 is 1.50 bits per heavy atom. The maximum Gasteiger partial charge on any atom is 0.248 e. The van der Waals surface area contributed by atoms with Crippen LogP contribution in [0.5, 0.6) is 0 Å². The molecule has 2 aromatic heterocycles. The van der Waals surface area contributed by atoms with Crippen molar-refractivity contribution in [3.05, 3.63) is 38.3 Å². The summed E-state index contributed by atoms with van der Waals surface area (Å²) in [6, 6.07) is 3.90. The molecule has 0 atom stereocenters. The minimum atomic E-state index is -0.160. The largest absolute Gasteiger partial charge is 0.319 e. The van der Waals surface area contributed by atoms with Crippen LogP contribution in [0.2, 0.25) is 0 Å². The molecule has 1 amide bonds. The molecule has 0 saturated heterocycles. The molecule has 2 N–H and O–H groups in total. The number of aryl methyl sites for hydroxylation is 2. The molecule has 4 nitrogen and oxygen atoms in total. The second kappa shape index (κ2) is 5.49. The SMILES string of the molecule is Cc1n[nH]c(C)c1NC(=O)/C=C/c1ccc(Br)s1. The Labute approximate surface area is 117 Å². The minimum Gasteiger partial charge on any atom is -0.319 e. The third-order valence-electron chi connectivity index (χ3n) is 2.37. The molecule has 0 radical (unpaired) electrons. The molecule has 6 heteroatoms. The van der Waals surface area contributed by atoms with Crippen molar-refractivity contribution in [3.8, 4) is 0 Å². The van der Waals surface area contributed by atoms with E-state index in [4.69, 9.17) is 0 Å². The van der Waals surface area contributed by atoms with Crippen molar-refractivity contribution in [1.29, 1.82) is 0 Å². The normalized spacial score (nSPS) is 11.1. The predicted octanol–water partition coefficient (Wildman–Crippen LogP) is 3.50. The van der Waals surface area contributed by atoms with Gasteiger partial charge in [0.1, 0.15) is 0 Å². The number of aromatic nitrogens is 2. The van der Waals surface area contributed by atoms with Gasteiger partial charge in [-0.15, -0.1) is 11.3 Å². The van der Waals surface area contributed by atoms with Crippen molar-refractivity contribution >= 4 is 44.9 Å². The van der Waals surface area contributed by atoms with E-state index in [0.29, 0.717) is 0 Å². The van der Waals surface area contributed by atoms with Gasteiger partial charge in [-0.3, -0.25) is 9.89 Å². The topological polar surface area (TPSA) is 57.8 Å². The first kappa shape index (κ1) is 13.0. The lowest BCUT2D eigenvalue weighted by molar-refractivity contribution is -0.111. The highest BCUT2D eigenvalue weighted by Crippen LogP contribution is 2.23. The number of rotatable bonds is 3. The maximum atomic E-state index is 11.7. The zero-order valence-electron chi connectivity index (χ0n) is 9.95. The van der Waals surface area contributed by atoms with Gasteiger partial charge in [0.05, 0.1) is 20.9 Å². The average Bonchev–Trinajstić information content (AvgIpc) is 2.87. The fourth-order valence-corrected chi connectivity index (χ4v) is 2.80. The minimum absolute atomic E-state index is 0.160. The fraction of sp³-hybridized carbons (Fsp3) is 0.167. The van der Waals surface area contributed by atoms with Gasteiger partial charge in [0.25, 0.3) is 0 Å². The van der Waals surface area contributed by atoms with Crippen molar-refractivity contribution in [1.82, 2.24) is 10.2 Å². The van der Waals surface area contributed by atoms with Crippen molar-refractivity contribution in [2.45, 2.75) is 13.8 Å². The predicted molar refractivity (Wildman–Crippen MR) is 77.7 cm³/mol. The van der Waals surface area contributed by atoms with Gasteiger partial charge < -0.3 is 5.32 Å². The number of aromatic amines is 1. The van der Waals surface area contributed by atoms with Crippen molar-refractivity contribution in [3.63, 3.8) is 0 Å². The van der Waals surface area contributed by atoms with Gasteiger partial charge >= 0.3 is 0 Å². The monoisotopic (exact) mass is 325 g/mol. The van der Waals surface area contributed by atoms with Crippen LogP contribution < -0.4 is 5.32 Å². The molecule has 0 saturated carbocycles. The highest BCUT2D eigenvalue weighted by molar-refractivity contribution is 9.11. The van der Waals surface area contributed by atoms with Crippen LogP contribution in [0.25, 0.3) is 6.08 Å². The summed E-state index contributed by atoms with van der Waals surface area (Å²) in [5.41, 5.74) is 2.39. The molecule has 18 heavy (non-hydrogen) atoms. The first-order valence-corrected chi connectivity index (χ1v) is 6.93. The zero-order chi connectivity index (χ0) is 13.1. The van der Waals surface area contributed by atoms with Crippen LogP contribution in [0.1, 0.15) is 16.3 Å². The van der Waals surface area contributed by atoms with Crippen LogP contribution in [0.3, 0.4) is 0 Å². The maximum absolute atomic E-state index is 11.7. The number of halogens is 1. The Bertz CT molecular complexity index is 581. The van der Waals surface area contributed by atoms with Gasteiger partial charge in [-0.25, -0.2) is 0 Å². The van der Waals surface area contributed by atoms with E-state index in [-0.39, 0.29) is 5.91 Å². The van der Waals surface area contributed by atoms with Crippen molar-refractivity contribution < 1.29 is 4.79 Å². The lowest BCUT2D eigenvalue weighted by Gasteiger charge is -2.00. The number of H-pyrrole nitrogens is 1. The number of amides is 1. The van der Waals surface area contributed by atoms with Gasteiger partial charge in [0.15, 0.2) is 0 Å².